The molecule has 1 aromatic rings. The monoisotopic (exact) mass is 313 g/mol. The molecule has 2 fully saturated rings. The number of benzene rings is 1. The van der Waals surface area contributed by atoms with Gasteiger partial charge in [-0.15, -0.1) is 0 Å². The lowest BCUT2D eigenvalue weighted by molar-refractivity contribution is -0.384. The molecule has 10 heteroatoms. The van der Waals surface area contributed by atoms with Crippen LogP contribution in [0.4, 0.5) is 16.2 Å². The molecule has 3 rings (SSSR count). The standard InChI is InChI=1S/C11H11N3O6S/c15-10-3-6(14(17)18)1-2-8(10)13-9-5-21(19,20)4-7(9)12-11(13)16/h1-3,7,9,15H,4-5H2,(H,12,16)/t7-,9-/m1/s1. The van der Waals surface area contributed by atoms with Crippen LogP contribution in [0.2, 0.25) is 0 Å². The van der Waals surface area contributed by atoms with Gasteiger partial charge in [0.2, 0.25) is 0 Å². The number of non-ortho nitro benzene ring substituents is 1. The summed E-state index contributed by atoms with van der Waals surface area (Å²) in [6.45, 7) is 0. The van der Waals surface area contributed by atoms with E-state index in [1.807, 2.05) is 0 Å². The van der Waals surface area contributed by atoms with Gasteiger partial charge >= 0.3 is 6.03 Å². The zero-order chi connectivity index (χ0) is 15.4. The van der Waals surface area contributed by atoms with E-state index in [4.69, 9.17) is 0 Å². The minimum absolute atomic E-state index is 0.0581. The lowest BCUT2D eigenvalue weighted by atomic mass is 10.1. The molecule has 0 unspecified atom stereocenters. The largest absolute Gasteiger partial charge is 0.505 e. The molecule has 0 radical (unpaired) electrons. The molecule has 0 aliphatic carbocycles. The molecule has 2 atom stereocenters. The quantitative estimate of drug-likeness (QED) is 0.449. The maximum Gasteiger partial charge on any atom is 0.322 e. The van der Waals surface area contributed by atoms with Gasteiger partial charge in [0.25, 0.3) is 5.69 Å². The van der Waals surface area contributed by atoms with Crippen molar-refractivity contribution in [2.45, 2.75) is 12.1 Å². The Morgan fingerprint density at radius 3 is 2.71 bits per heavy atom. The van der Waals surface area contributed by atoms with E-state index >= 15 is 0 Å². The van der Waals surface area contributed by atoms with Crippen LogP contribution in [0.3, 0.4) is 0 Å². The number of anilines is 1. The van der Waals surface area contributed by atoms with Crippen molar-refractivity contribution in [2.24, 2.45) is 0 Å². The second-order valence-corrected chi connectivity index (χ2v) is 7.15. The van der Waals surface area contributed by atoms with Crippen molar-refractivity contribution in [3.05, 3.63) is 28.3 Å². The maximum atomic E-state index is 11.9. The number of phenolic OH excluding ortho intramolecular Hbond substituents is 1. The van der Waals surface area contributed by atoms with Gasteiger partial charge in [-0.2, -0.15) is 0 Å². The lowest BCUT2D eigenvalue weighted by Gasteiger charge is -2.21. The van der Waals surface area contributed by atoms with E-state index in [-0.39, 0.29) is 22.9 Å². The first-order chi connectivity index (χ1) is 9.78. The molecule has 0 spiro atoms. The first kappa shape index (κ1) is 13.6. The van der Waals surface area contributed by atoms with Gasteiger partial charge in [-0.1, -0.05) is 0 Å². The highest BCUT2D eigenvalue weighted by Gasteiger charge is 2.49. The van der Waals surface area contributed by atoms with E-state index in [1.54, 1.807) is 0 Å². The van der Waals surface area contributed by atoms with Crippen LogP contribution in [-0.4, -0.2) is 48.1 Å². The molecule has 2 amide bonds. The number of urea groups is 1. The van der Waals surface area contributed by atoms with E-state index < -0.39 is 38.6 Å². The molecule has 2 saturated heterocycles. The van der Waals surface area contributed by atoms with Crippen molar-refractivity contribution >= 4 is 27.2 Å². The number of amides is 2. The minimum atomic E-state index is -3.25. The van der Waals surface area contributed by atoms with E-state index in [2.05, 4.69) is 5.32 Å². The Labute approximate surface area is 119 Å². The number of nitrogens with zero attached hydrogens (tertiary/aromatic N) is 2. The molecule has 0 saturated carbocycles. The van der Waals surface area contributed by atoms with Gasteiger partial charge in [-0.3, -0.25) is 15.0 Å². The van der Waals surface area contributed by atoms with Crippen LogP contribution >= 0.6 is 0 Å². The summed E-state index contributed by atoms with van der Waals surface area (Å²) in [6.07, 6.45) is 0. The molecule has 21 heavy (non-hydrogen) atoms. The van der Waals surface area contributed by atoms with Crippen LogP contribution in [-0.2, 0) is 9.84 Å². The molecule has 2 N–H and O–H groups in total. The van der Waals surface area contributed by atoms with E-state index in [9.17, 15) is 28.4 Å². The van der Waals surface area contributed by atoms with E-state index in [0.717, 1.165) is 17.0 Å². The van der Waals surface area contributed by atoms with Crippen molar-refractivity contribution in [1.29, 1.82) is 0 Å². The van der Waals surface area contributed by atoms with Crippen LogP contribution in [0, 0.1) is 10.1 Å². The fraction of sp³-hybridized carbons (Fsp3) is 0.364. The summed E-state index contributed by atoms with van der Waals surface area (Å²) >= 11 is 0. The number of nitrogens with one attached hydrogen (secondary N) is 1. The first-order valence-corrected chi connectivity index (χ1v) is 7.88. The smallest absolute Gasteiger partial charge is 0.322 e. The summed E-state index contributed by atoms with van der Waals surface area (Å²) in [7, 11) is -3.25. The second kappa shape index (κ2) is 4.32. The molecule has 2 aliphatic rings. The Kier molecular flexibility index (Phi) is 2.80. The number of rotatable bonds is 2. The third kappa shape index (κ3) is 2.17. The molecule has 9 nitrogen and oxygen atoms in total. The number of carbonyl (C=O) groups excluding carboxylic acids is 1. The van der Waals surface area contributed by atoms with Crippen LogP contribution in [0.25, 0.3) is 0 Å². The lowest BCUT2D eigenvalue weighted by Crippen LogP contribution is -2.36. The van der Waals surface area contributed by atoms with Gasteiger partial charge in [0.1, 0.15) is 5.75 Å². The fourth-order valence-electron chi connectivity index (χ4n) is 2.72. The fourth-order valence-corrected chi connectivity index (χ4v) is 4.61. The third-order valence-electron chi connectivity index (χ3n) is 3.61. The van der Waals surface area contributed by atoms with Crippen LogP contribution < -0.4 is 10.2 Å². The number of sulfone groups is 1. The predicted octanol–water partition coefficient (Wildman–Crippen LogP) is -0.00440. The molecule has 1 aromatic carbocycles. The number of hydrogen-bond acceptors (Lipinski definition) is 6. The molecular weight excluding hydrogens is 302 g/mol. The number of fused-ring (bicyclic) bond motifs is 1. The Morgan fingerprint density at radius 2 is 2.10 bits per heavy atom. The summed E-state index contributed by atoms with van der Waals surface area (Å²) in [5.74, 6) is -0.787. The Bertz CT molecular complexity index is 746. The van der Waals surface area contributed by atoms with E-state index in [1.165, 1.54) is 6.07 Å². The second-order valence-electron chi connectivity index (χ2n) is 5.00. The molecule has 2 heterocycles. The minimum Gasteiger partial charge on any atom is -0.505 e. The highest BCUT2D eigenvalue weighted by molar-refractivity contribution is 7.91. The van der Waals surface area contributed by atoms with Crippen molar-refractivity contribution in [2.75, 3.05) is 16.4 Å². The number of aromatic hydroxyl groups is 1. The Morgan fingerprint density at radius 1 is 1.38 bits per heavy atom. The van der Waals surface area contributed by atoms with Gasteiger partial charge in [0, 0.05) is 6.07 Å². The molecule has 112 valence electrons. The third-order valence-corrected chi connectivity index (χ3v) is 5.33. The summed E-state index contributed by atoms with van der Waals surface area (Å²) in [6, 6.07) is 1.65. The average Bonchev–Trinajstić information content (AvgIpc) is 2.80. The van der Waals surface area contributed by atoms with Crippen molar-refractivity contribution in [1.82, 2.24) is 5.32 Å². The number of carbonyl (C=O) groups is 1. The Hall–Kier alpha value is -2.36. The predicted molar refractivity (Wildman–Crippen MR) is 72.0 cm³/mol. The number of nitro groups is 1. The molecular formula is C11H11N3O6S. The van der Waals surface area contributed by atoms with Crippen molar-refractivity contribution in [3.8, 4) is 5.75 Å². The average molecular weight is 313 g/mol. The number of phenols is 1. The summed E-state index contributed by atoms with van der Waals surface area (Å²) in [4.78, 5) is 23.1. The van der Waals surface area contributed by atoms with Gasteiger partial charge in [0.15, 0.2) is 9.84 Å². The van der Waals surface area contributed by atoms with Gasteiger partial charge in [-0.05, 0) is 6.07 Å². The first-order valence-electron chi connectivity index (χ1n) is 6.06. The number of nitro benzene ring substituents is 1. The topological polar surface area (TPSA) is 130 Å². The van der Waals surface area contributed by atoms with Crippen LogP contribution in [0.15, 0.2) is 18.2 Å². The highest BCUT2D eigenvalue weighted by atomic mass is 32.2. The summed E-state index contributed by atoms with van der Waals surface area (Å²) in [5, 5.41) is 23.1. The zero-order valence-corrected chi connectivity index (χ0v) is 11.4. The normalized spacial score (nSPS) is 26.5. The Balaban J connectivity index is 2.00. The molecule has 2 aliphatic heterocycles. The molecule has 0 bridgehead atoms. The summed E-state index contributed by atoms with van der Waals surface area (Å²) in [5.41, 5.74) is -0.255. The van der Waals surface area contributed by atoms with Crippen LogP contribution in [0.5, 0.6) is 5.75 Å². The van der Waals surface area contributed by atoms with Crippen molar-refractivity contribution in [3.63, 3.8) is 0 Å². The maximum absolute atomic E-state index is 11.9. The number of hydrogen-bond donors (Lipinski definition) is 2. The summed E-state index contributed by atoms with van der Waals surface area (Å²) < 4.78 is 23.3. The van der Waals surface area contributed by atoms with Gasteiger partial charge in [-0.25, -0.2) is 13.2 Å². The van der Waals surface area contributed by atoms with E-state index in [0.29, 0.717) is 0 Å². The van der Waals surface area contributed by atoms with Gasteiger partial charge in [0.05, 0.1) is 40.3 Å². The zero-order valence-electron chi connectivity index (χ0n) is 10.6. The van der Waals surface area contributed by atoms with Gasteiger partial charge < -0.3 is 10.4 Å². The van der Waals surface area contributed by atoms with Crippen LogP contribution in [0.1, 0.15) is 0 Å². The van der Waals surface area contributed by atoms with Crippen molar-refractivity contribution < 1.29 is 23.2 Å². The highest BCUT2D eigenvalue weighted by Crippen LogP contribution is 2.36. The SMILES string of the molecule is O=C1N[C@@H]2CS(=O)(=O)C[C@H]2N1c1ccc([N+](=O)[O-])cc1O. The molecule has 0 aromatic heterocycles.